The summed E-state index contributed by atoms with van der Waals surface area (Å²) in [5, 5.41) is 40.4. The van der Waals surface area contributed by atoms with Crippen molar-refractivity contribution in [3.8, 4) is 0 Å². The van der Waals surface area contributed by atoms with Crippen molar-refractivity contribution in [2.75, 3.05) is 0 Å². The van der Waals surface area contributed by atoms with Crippen LogP contribution in [0, 0.1) is 52.1 Å². The summed E-state index contributed by atoms with van der Waals surface area (Å²) in [6.45, 7) is 2.87. The Bertz CT molecular complexity index is 1420. The number of Topliss-reactive ketones (excluding diaryl/α,β-unsaturated/α-hetero) is 2. The van der Waals surface area contributed by atoms with Gasteiger partial charge in [-0.1, -0.05) is 0 Å². The molecule has 16 heteroatoms. The van der Waals surface area contributed by atoms with Crippen molar-refractivity contribution in [2.24, 2.45) is 0 Å². The zero-order chi connectivity index (χ0) is 33.4. The molecule has 0 saturated carbocycles. The van der Waals surface area contributed by atoms with Crippen LogP contribution in [0.3, 0.4) is 0 Å². The van der Waals surface area contributed by atoms with Gasteiger partial charge in [0.05, 0.1) is 19.7 Å². The Kier molecular flexibility index (Phi) is 14.2. The third-order valence-electron chi connectivity index (χ3n) is 5.04. The molecular formula is C28H22F2N4O10. The first-order valence-corrected chi connectivity index (χ1v) is 11.9. The maximum atomic E-state index is 12.2. The summed E-state index contributed by atoms with van der Waals surface area (Å²) in [5.74, 6) is -0.916. The van der Waals surface area contributed by atoms with Gasteiger partial charge in [0.2, 0.25) is 0 Å². The summed E-state index contributed by atoms with van der Waals surface area (Å²) in [4.78, 5) is 59.5. The molecule has 4 rings (SSSR count). The number of halogens is 2. The van der Waals surface area contributed by atoms with E-state index in [4.69, 9.17) is 0 Å². The maximum absolute atomic E-state index is 12.2. The second-order valence-corrected chi connectivity index (χ2v) is 8.19. The molecule has 0 radical (unpaired) electrons. The largest absolute Gasteiger partial charge is 0.295 e. The number of carbonyl (C=O) groups is 2. The van der Waals surface area contributed by atoms with Gasteiger partial charge in [0.1, 0.15) is 11.6 Å². The predicted molar refractivity (Wildman–Crippen MR) is 152 cm³/mol. The minimum Gasteiger partial charge on any atom is -0.295 e. The molecule has 0 atom stereocenters. The average molecular weight is 612 g/mol. The van der Waals surface area contributed by atoms with E-state index in [1.807, 2.05) is 0 Å². The van der Waals surface area contributed by atoms with Crippen LogP contribution in [0.2, 0.25) is 0 Å². The SMILES string of the molecule is CC(=O)c1ccc(F)cc1.CC(=O)c1ccc([N+](=O)[O-])cc1.O=[N+]([O-])c1ccc(F)cc1.O=[N+]([O-])c1ccc([N+](=O)[O-])cc1. The van der Waals surface area contributed by atoms with Gasteiger partial charge in [-0.25, -0.2) is 8.78 Å². The molecule has 4 aromatic rings. The van der Waals surface area contributed by atoms with E-state index in [0.717, 1.165) is 48.5 Å². The first-order chi connectivity index (χ1) is 20.6. The topological polar surface area (TPSA) is 207 Å². The van der Waals surface area contributed by atoms with Crippen molar-refractivity contribution in [1.82, 2.24) is 0 Å². The minimum absolute atomic E-state index is 0.000000000000000222. The Hall–Kier alpha value is -6.32. The van der Waals surface area contributed by atoms with Crippen LogP contribution in [0.5, 0.6) is 0 Å². The van der Waals surface area contributed by atoms with Crippen LogP contribution in [0.15, 0.2) is 97.1 Å². The van der Waals surface area contributed by atoms with Gasteiger partial charge in [0.25, 0.3) is 22.7 Å². The molecule has 0 spiro atoms. The molecule has 0 unspecified atom stereocenters. The molecule has 0 saturated heterocycles. The highest BCUT2D eigenvalue weighted by atomic mass is 19.1. The van der Waals surface area contributed by atoms with Crippen LogP contribution in [0.25, 0.3) is 0 Å². The highest BCUT2D eigenvalue weighted by molar-refractivity contribution is 5.94. The fourth-order valence-corrected chi connectivity index (χ4v) is 2.76. The molecule has 0 amide bonds. The van der Waals surface area contributed by atoms with Gasteiger partial charge in [0.15, 0.2) is 11.6 Å². The smallest absolute Gasteiger partial charge is 0.269 e. The van der Waals surface area contributed by atoms with Crippen molar-refractivity contribution in [3.63, 3.8) is 0 Å². The number of nitro groups is 4. The molecular weight excluding hydrogens is 590 g/mol. The van der Waals surface area contributed by atoms with Gasteiger partial charge in [-0.15, -0.1) is 0 Å². The van der Waals surface area contributed by atoms with Gasteiger partial charge in [-0.05, 0) is 62.4 Å². The fraction of sp³-hybridized carbons (Fsp3) is 0.0714. The summed E-state index contributed by atoms with van der Waals surface area (Å²) in [6.07, 6.45) is 0. The molecule has 228 valence electrons. The van der Waals surface area contributed by atoms with Crippen LogP contribution in [-0.2, 0) is 0 Å². The molecule has 14 nitrogen and oxygen atoms in total. The highest BCUT2D eigenvalue weighted by Gasteiger charge is 2.09. The van der Waals surface area contributed by atoms with Crippen molar-refractivity contribution < 1.29 is 38.1 Å². The summed E-state index contributed by atoms with van der Waals surface area (Å²) in [7, 11) is 0. The van der Waals surface area contributed by atoms with Crippen molar-refractivity contribution in [1.29, 1.82) is 0 Å². The standard InChI is InChI=1S/C8H7FO.C8H7NO3.C6H4FNO2.C6H4N2O4/c1-6(10)7-2-4-8(9)5-3-7;1-6(10)7-2-4-8(5-3-7)9(11)12;7-5-1-3-6(4-2-5)8(9)10;9-7(10)5-1-2-6(4-3-5)8(11)12/h2-5H,1H3;2-5H,1H3;1-4H;1-4H. The van der Waals surface area contributed by atoms with Gasteiger partial charge < -0.3 is 0 Å². The molecule has 0 bridgehead atoms. The third-order valence-corrected chi connectivity index (χ3v) is 5.04. The summed E-state index contributed by atoms with van der Waals surface area (Å²) in [5.41, 5.74) is 0.629. The van der Waals surface area contributed by atoms with Crippen LogP contribution in [0.1, 0.15) is 34.6 Å². The van der Waals surface area contributed by atoms with Crippen molar-refractivity contribution >= 4 is 34.3 Å². The normalized spacial score (nSPS) is 9.36. The number of hydrogen-bond donors (Lipinski definition) is 0. The van der Waals surface area contributed by atoms with E-state index in [0.29, 0.717) is 11.1 Å². The molecule has 0 fully saturated rings. The summed E-state index contributed by atoms with van der Waals surface area (Å²) in [6, 6.07) is 19.7. The van der Waals surface area contributed by atoms with Crippen molar-refractivity contribution in [3.05, 3.63) is 160 Å². The predicted octanol–water partition coefficient (Wildman–Crippen LogP) is 7.06. The van der Waals surface area contributed by atoms with Gasteiger partial charge in [0, 0.05) is 59.7 Å². The number of rotatable bonds is 6. The van der Waals surface area contributed by atoms with E-state index in [1.54, 1.807) is 0 Å². The lowest BCUT2D eigenvalue weighted by Crippen LogP contribution is -1.92. The van der Waals surface area contributed by atoms with Crippen molar-refractivity contribution in [2.45, 2.75) is 13.8 Å². The van der Waals surface area contributed by atoms with E-state index >= 15 is 0 Å². The molecule has 0 aliphatic heterocycles. The average Bonchev–Trinajstić information content (AvgIpc) is 2.98. The maximum Gasteiger partial charge on any atom is 0.269 e. The molecule has 0 aliphatic rings. The van der Waals surface area contributed by atoms with E-state index in [1.165, 1.54) is 62.4 Å². The fourth-order valence-electron chi connectivity index (χ4n) is 2.76. The summed E-state index contributed by atoms with van der Waals surface area (Å²) >= 11 is 0. The number of hydrogen-bond acceptors (Lipinski definition) is 10. The van der Waals surface area contributed by atoms with Crippen LogP contribution >= 0.6 is 0 Å². The van der Waals surface area contributed by atoms with Gasteiger partial charge in [-0.2, -0.15) is 0 Å². The minimum atomic E-state index is -0.607. The number of benzene rings is 4. The number of carbonyl (C=O) groups excluding carboxylic acids is 2. The number of nitro benzene ring substituents is 4. The van der Waals surface area contributed by atoms with E-state index < -0.39 is 25.5 Å². The highest BCUT2D eigenvalue weighted by Crippen LogP contribution is 2.16. The number of non-ortho nitro benzene ring substituents is 4. The lowest BCUT2D eigenvalue weighted by molar-refractivity contribution is -0.389. The Balaban J connectivity index is 0.000000294. The number of nitrogens with zero attached hydrogens (tertiary/aromatic N) is 4. The monoisotopic (exact) mass is 612 g/mol. The zero-order valence-electron chi connectivity index (χ0n) is 22.9. The molecule has 0 heterocycles. The molecule has 4 aromatic carbocycles. The lowest BCUT2D eigenvalue weighted by Gasteiger charge is -1.93. The Morgan fingerprint density at radius 3 is 0.841 bits per heavy atom. The second-order valence-electron chi connectivity index (χ2n) is 8.19. The van der Waals surface area contributed by atoms with E-state index in [9.17, 15) is 58.8 Å². The van der Waals surface area contributed by atoms with Gasteiger partial charge in [-0.3, -0.25) is 50.0 Å². The Morgan fingerprint density at radius 2 is 0.614 bits per heavy atom. The first-order valence-electron chi connectivity index (χ1n) is 11.9. The lowest BCUT2D eigenvalue weighted by atomic mass is 10.1. The third kappa shape index (κ3) is 12.9. The first kappa shape index (κ1) is 35.7. The quantitative estimate of drug-likeness (QED) is 0.123. The number of ketones is 2. The van der Waals surface area contributed by atoms with Crippen LogP contribution < -0.4 is 0 Å². The summed E-state index contributed by atoms with van der Waals surface area (Å²) < 4.78 is 24.4. The molecule has 0 aliphatic carbocycles. The van der Waals surface area contributed by atoms with Crippen LogP contribution in [0.4, 0.5) is 31.5 Å². The molecule has 44 heavy (non-hydrogen) atoms. The Morgan fingerprint density at radius 1 is 0.432 bits per heavy atom. The second kappa shape index (κ2) is 17.5. The molecule has 0 aromatic heterocycles. The van der Waals surface area contributed by atoms with Gasteiger partial charge >= 0.3 is 0 Å². The van der Waals surface area contributed by atoms with E-state index in [2.05, 4.69) is 0 Å². The zero-order valence-corrected chi connectivity index (χ0v) is 22.9. The molecule has 0 N–H and O–H groups in total. The van der Waals surface area contributed by atoms with Crippen LogP contribution in [-0.4, -0.2) is 31.3 Å². The van der Waals surface area contributed by atoms with E-state index in [-0.39, 0.29) is 40.1 Å². The Labute approximate surface area is 246 Å².